The van der Waals surface area contributed by atoms with Crippen LogP contribution in [0.25, 0.3) is 77.6 Å². The molecule has 214 valence electrons. The van der Waals surface area contributed by atoms with Crippen LogP contribution in [0.3, 0.4) is 0 Å². The van der Waals surface area contributed by atoms with Crippen LogP contribution in [0.15, 0.2) is 121 Å². The molecule has 0 spiro atoms. The molecule has 45 heavy (non-hydrogen) atoms. The molecule has 2 aromatic heterocycles. The lowest BCUT2D eigenvalue weighted by Crippen LogP contribution is -2.02. The monoisotopic (exact) mass is 577 g/mol. The lowest BCUT2D eigenvalue weighted by molar-refractivity contribution is 0.888. The van der Waals surface area contributed by atoms with Crippen LogP contribution in [0.5, 0.6) is 0 Å². The van der Waals surface area contributed by atoms with Crippen LogP contribution >= 0.6 is 0 Å². The van der Waals surface area contributed by atoms with E-state index >= 15 is 0 Å². The van der Waals surface area contributed by atoms with Gasteiger partial charge in [-0.2, -0.15) is 0 Å². The fourth-order valence-electron chi connectivity index (χ4n) is 7.30. The minimum absolute atomic E-state index is 0.885. The number of fused-ring (bicyclic) bond motifs is 9. The first-order chi connectivity index (χ1) is 22.1. The Morgan fingerprint density at radius 2 is 1.33 bits per heavy atom. The molecule has 0 fully saturated rings. The van der Waals surface area contributed by atoms with Gasteiger partial charge in [-0.1, -0.05) is 108 Å². The van der Waals surface area contributed by atoms with Crippen molar-refractivity contribution < 1.29 is 0 Å². The quantitative estimate of drug-likeness (QED) is 0.196. The summed E-state index contributed by atoms with van der Waals surface area (Å²) < 4.78 is 2.44. The number of allylic oxidation sites excluding steroid dienone is 1. The Balaban J connectivity index is 1.26. The number of nitrogens with zero attached hydrogens (tertiary/aromatic N) is 3. The molecule has 0 N–H and O–H groups in total. The van der Waals surface area contributed by atoms with Gasteiger partial charge in [0.05, 0.1) is 28.4 Å². The summed E-state index contributed by atoms with van der Waals surface area (Å²) in [5.41, 5.74) is 13.9. The van der Waals surface area contributed by atoms with E-state index in [-0.39, 0.29) is 0 Å². The molecule has 0 radical (unpaired) electrons. The standard InChI is InChI=1S/C42H31N3/c1-26-16-19-33-35(22-26)36-23-27(2)17-20-34(36)42-41(33)43-25-38(44-42)31-13-7-6-12-30(31)28-18-21-40-37(24-28)32-14-8-9-15-39(32)45(40)29-10-4-3-5-11-29/h3-8,10-14,16-25H,9,15H2,1-2H3. The van der Waals surface area contributed by atoms with Crippen LogP contribution in [0.2, 0.25) is 0 Å². The van der Waals surface area contributed by atoms with Gasteiger partial charge in [-0.25, -0.2) is 4.98 Å². The van der Waals surface area contributed by atoms with Crippen LogP contribution in [0.1, 0.15) is 28.8 Å². The molecule has 9 rings (SSSR count). The Kier molecular flexibility index (Phi) is 5.76. The lowest BCUT2D eigenvalue weighted by Gasteiger charge is -2.14. The Morgan fingerprint density at radius 1 is 0.622 bits per heavy atom. The summed E-state index contributed by atoms with van der Waals surface area (Å²) in [5.74, 6) is 0. The smallest absolute Gasteiger partial charge is 0.0979 e. The van der Waals surface area contributed by atoms with E-state index in [0.717, 1.165) is 51.5 Å². The van der Waals surface area contributed by atoms with Gasteiger partial charge in [-0.15, -0.1) is 0 Å². The molecule has 3 nitrogen and oxygen atoms in total. The molecule has 8 aromatic rings. The van der Waals surface area contributed by atoms with Crippen molar-refractivity contribution >= 4 is 49.6 Å². The minimum Gasteiger partial charge on any atom is -0.313 e. The van der Waals surface area contributed by atoms with E-state index in [1.165, 1.54) is 55.3 Å². The first kappa shape index (κ1) is 25.9. The van der Waals surface area contributed by atoms with Crippen molar-refractivity contribution in [2.75, 3.05) is 0 Å². The Labute approximate surface area is 262 Å². The number of aryl methyl sites for hydroxylation is 2. The van der Waals surface area contributed by atoms with E-state index in [1.54, 1.807) is 0 Å². The molecule has 1 aliphatic rings. The van der Waals surface area contributed by atoms with E-state index in [4.69, 9.17) is 9.97 Å². The van der Waals surface area contributed by atoms with Gasteiger partial charge in [0.1, 0.15) is 0 Å². The third-order valence-electron chi connectivity index (χ3n) is 9.39. The summed E-state index contributed by atoms with van der Waals surface area (Å²) in [5, 5.41) is 6.03. The van der Waals surface area contributed by atoms with Gasteiger partial charge in [0.15, 0.2) is 0 Å². The molecule has 1 aliphatic carbocycles. The Bertz CT molecular complexity index is 2500. The van der Waals surface area contributed by atoms with E-state index < -0.39 is 0 Å². The van der Waals surface area contributed by atoms with E-state index in [9.17, 15) is 0 Å². The highest BCUT2D eigenvalue weighted by molar-refractivity contribution is 6.23. The summed E-state index contributed by atoms with van der Waals surface area (Å²) in [6.45, 7) is 4.30. The predicted molar refractivity (Wildman–Crippen MR) is 189 cm³/mol. The van der Waals surface area contributed by atoms with Crippen molar-refractivity contribution in [3.8, 4) is 28.1 Å². The average Bonchev–Trinajstić information content (AvgIpc) is 3.42. The lowest BCUT2D eigenvalue weighted by atomic mass is 9.94. The molecule has 0 saturated carbocycles. The average molecular weight is 578 g/mol. The van der Waals surface area contributed by atoms with Crippen molar-refractivity contribution in [3.05, 3.63) is 144 Å². The molecular formula is C42H31N3. The number of hydrogen-bond donors (Lipinski definition) is 0. The number of benzene rings is 6. The molecule has 0 bridgehead atoms. The van der Waals surface area contributed by atoms with E-state index in [1.807, 2.05) is 6.20 Å². The van der Waals surface area contributed by atoms with Crippen molar-refractivity contribution in [1.82, 2.24) is 14.5 Å². The Morgan fingerprint density at radius 3 is 2.11 bits per heavy atom. The van der Waals surface area contributed by atoms with Gasteiger partial charge in [0, 0.05) is 38.7 Å². The first-order valence-corrected chi connectivity index (χ1v) is 15.7. The second-order valence-electron chi connectivity index (χ2n) is 12.3. The van der Waals surface area contributed by atoms with Gasteiger partial charge in [0.25, 0.3) is 0 Å². The summed E-state index contributed by atoms with van der Waals surface area (Å²) >= 11 is 0. The normalized spacial score (nSPS) is 12.8. The van der Waals surface area contributed by atoms with Crippen molar-refractivity contribution in [2.24, 2.45) is 0 Å². The van der Waals surface area contributed by atoms with Gasteiger partial charge in [-0.05, 0) is 72.9 Å². The molecule has 3 heteroatoms. The highest BCUT2D eigenvalue weighted by Gasteiger charge is 2.20. The highest BCUT2D eigenvalue weighted by Crippen LogP contribution is 2.40. The van der Waals surface area contributed by atoms with Crippen LogP contribution in [0.4, 0.5) is 0 Å². The number of para-hydroxylation sites is 1. The molecule has 6 aromatic carbocycles. The molecule has 2 heterocycles. The minimum atomic E-state index is 0.885. The van der Waals surface area contributed by atoms with Crippen molar-refractivity contribution in [1.29, 1.82) is 0 Å². The van der Waals surface area contributed by atoms with Gasteiger partial charge in [0.2, 0.25) is 0 Å². The topological polar surface area (TPSA) is 30.7 Å². The molecule has 0 unspecified atom stereocenters. The largest absolute Gasteiger partial charge is 0.313 e. The maximum Gasteiger partial charge on any atom is 0.0979 e. The molecule has 0 atom stereocenters. The number of aromatic nitrogens is 3. The van der Waals surface area contributed by atoms with Gasteiger partial charge in [-0.3, -0.25) is 4.98 Å². The van der Waals surface area contributed by atoms with Crippen LogP contribution in [0, 0.1) is 13.8 Å². The van der Waals surface area contributed by atoms with E-state index in [0.29, 0.717) is 0 Å². The fourth-order valence-corrected chi connectivity index (χ4v) is 7.30. The third-order valence-corrected chi connectivity index (χ3v) is 9.39. The maximum atomic E-state index is 5.36. The number of rotatable bonds is 3. The highest BCUT2D eigenvalue weighted by atomic mass is 15.0. The van der Waals surface area contributed by atoms with Crippen molar-refractivity contribution in [2.45, 2.75) is 26.7 Å². The van der Waals surface area contributed by atoms with Crippen LogP contribution < -0.4 is 0 Å². The summed E-state index contributed by atoms with van der Waals surface area (Å²) in [6.07, 6.45) is 8.67. The first-order valence-electron chi connectivity index (χ1n) is 15.7. The van der Waals surface area contributed by atoms with E-state index in [2.05, 4.69) is 140 Å². The van der Waals surface area contributed by atoms with Crippen LogP contribution in [-0.4, -0.2) is 14.5 Å². The summed E-state index contributed by atoms with van der Waals surface area (Å²) in [4.78, 5) is 10.5. The second kappa shape index (κ2) is 10.0. The summed E-state index contributed by atoms with van der Waals surface area (Å²) in [7, 11) is 0. The van der Waals surface area contributed by atoms with Gasteiger partial charge >= 0.3 is 0 Å². The molecule has 0 saturated heterocycles. The summed E-state index contributed by atoms with van der Waals surface area (Å²) in [6, 6.07) is 39.6. The predicted octanol–water partition coefficient (Wildman–Crippen LogP) is 10.8. The van der Waals surface area contributed by atoms with Gasteiger partial charge < -0.3 is 4.57 Å². The molecule has 0 amide bonds. The zero-order valence-corrected chi connectivity index (χ0v) is 25.4. The maximum absolute atomic E-state index is 5.36. The number of hydrogen-bond acceptors (Lipinski definition) is 2. The molecule has 0 aliphatic heterocycles. The second-order valence-corrected chi connectivity index (χ2v) is 12.3. The Hall–Kier alpha value is -5.54. The fraction of sp³-hybridized carbons (Fsp3) is 0.0952. The zero-order chi connectivity index (χ0) is 30.1. The third kappa shape index (κ3) is 4.04. The van der Waals surface area contributed by atoms with Crippen molar-refractivity contribution in [3.63, 3.8) is 0 Å². The SMILES string of the molecule is Cc1ccc2c(c1)c1cc(C)ccc1c1nc(-c3ccccc3-c3ccc4c(c3)c3c(n4-c4ccccc4)CCC=C3)cnc21. The zero-order valence-electron chi connectivity index (χ0n) is 25.4. The molecular weight excluding hydrogens is 546 g/mol. The van der Waals surface area contributed by atoms with Crippen LogP contribution in [-0.2, 0) is 6.42 Å².